The molecule has 7 heteroatoms. The van der Waals surface area contributed by atoms with Gasteiger partial charge in [-0.1, -0.05) is 24.3 Å². The maximum atomic E-state index is 13.5. The standard InChI is InChI=1S/C22H16F2N2O3/c1-29-20(27)13-2-11-18-19(12-13)25-21(28)22(26-18,14-3-7-16(23)8-4-14)15-5-9-17(24)10-6-15/h2-12,26H,1H3,(H,25,28). The van der Waals surface area contributed by atoms with Crippen molar-refractivity contribution in [3.05, 3.63) is 95.1 Å². The van der Waals surface area contributed by atoms with Crippen LogP contribution in [-0.4, -0.2) is 19.0 Å². The Morgan fingerprint density at radius 2 is 1.41 bits per heavy atom. The van der Waals surface area contributed by atoms with Gasteiger partial charge in [0.05, 0.1) is 24.0 Å². The SMILES string of the molecule is COC(=O)c1ccc2c(c1)NC(=O)C(c1ccc(F)cc1)(c1ccc(F)cc1)N2. The van der Waals surface area contributed by atoms with E-state index in [4.69, 9.17) is 4.74 Å². The van der Waals surface area contributed by atoms with E-state index in [1.165, 1.54) is 61.7 Å². The number of benzene rings is 3. The Bertz CT molecular complexity index is 1050. The first-order valence-electron chi connectivity index (χ1n) is 8.78. The number of rotatable bonds is 3. The van der Waals surface area contributed by atoms with Crippen molar-refractivity contribution in [2.75, 3.05) is 17.7 Å². The molecule has 1 heterocycles. The minimum atomic E-state index is -1.42. The van der Waals surface area contributed by atoms with E-state index in [1.807, 2.05) is 0 Å². The Kier molecular flexibility index (Phi) is 4.50. The molecule has 1 amide bonds. The minimum Gasteiger partial charge on any atom is -0.465 e. The zero-order valence-electron chi connectivity index (χ0n) is 15.3. The van der Waals surface area contributed by atoms with Crippen LogP contribution in [0.15, 0.2) is 66.7 Å². The third-order valence-electron chi connectivity index (χ3n) is 4.91. The molecule has 0 atom stereocenters. The Labute approximate surface area is 165 Å². The Balaban J connectivity index is 1.88. The van der Waals surface area contributed by atoms with Crippen molar-refractivity contribution >= 4 is 23.3 Å². The number of carbonyl (C=O) groups excluding carboxylic acids is 2. The lowest BCUT2D eigenvalue weighted by atomic mass is 9.80. The number of ether oxygens (including phenoxy) is 1. The molecular weight excluding hydrogens is 378 g/mol. The molecule has 2 N–H and O–H groups in total. The molecule has 0 unspecified atom stereocenters. The van der Waals surface area contributed by atoms with Crippen molar-refractivity contribution in [1.29, 1.82) is 0 Å². The number of fused-ring (bicyclic) bond motifs is 1. The van der Waals surface area contributed by atoms with Gasteiger partial charge in [0.1, 0.15) is 11.6 Å². The van der Waals surface area contributed by atoms with Gasteiger partial charge in [-0.25, -0.2) is 13.6 Å². The van der Waals surface area contributed by atoms with E-state index in [9.17, 15) is 18.4 Å². The summed E-state index contributed by atoms with van der Waals surface area (Å²) < 4.78 is 31.7. The van der Waals surface area contributed by atoms with Crippen LogP contribution in [-0.2, 0) is 15.1 Å². The highest BCUT2D eigenvalue weighted by Gasteiger charge is 2.45. The van der Waals surface area contributed by atoms with Crippen LogP contribution in [0, 0.1) is 11.6 Å². The van der Waals surface area contributed by atoms with E-state index < -0.39 is 29.0 Å². The van der Waals surface area contributed by atoms with Gasteiger partial charge in [-0.2, -0.15) is 0 Å². The van der Waals surface area contributed by atoms with Gasteiger partial charge in [0.25, 0.3) is 5.91 Å². The van der Waals surface area contributed by atoms with Gasteiger partial charge in [-0.05, 0) is 53.6 Å². The van der Waals surface area contributed by atoms with Crippen LogP contribution in [0.25, 0.3) is 0 Å². The fraction of sp³-hybridized carbons (Fsp3) is 0.0909. The fourth-order valence-electron chi connectivity index (χ4n) is 3.45. The number of carbonyl (C=O) groups is 2. The average Bonchev–Trinajstić information content (AvgIpc) is 2.73. The van der Waals surface area contributed by atoms with Crippen LogP contribution in [0.4, 0.5) is 20.2 Å². The average molecular weight is 394 g/mol. The van der Waals surface area contributed by atoms with E-state index in [0.29, 0.717) is 22.5 Å². The quantitative estimate of drug-likeness (QED) is 0.658. The van der Waals surface area contributed by atoms with Crippen LogP contribution in [0.3, 0.4) is 0 Å². The highest BCUT2D eigenvalue weighted by Crippen LogP contribution is 2.41. The predicted octanol–water partition coefficient (Wildman–Crippen LogP) is 4.06. The molecule has 5 nitrogen and oxygen atoms in total. The van der Waals surface area contributed by atoms with Crippen LogP contribution in [0.2, 0.25) is 0 Å². The highest BCUT2D eigenvalue weighted by atomic mass is 19.1. The summed E-state index contributed by atoms with van der Waals surface area (Å²) >= 11 is 0. The zero-order chi connectivity index (χ0) is 20.6. The van der Waals surface area contributed by atoms with Gasteiger partial charge < -0.3 is 15.4 Å². The number of esters is 1. The van der Waals surface area contributed by atoms with Crippen molar-refractivity contribution in [2.45, 2.75) is 5.54 Å². The summed E-state index contributed by atoms with van der Waals surface area (Å²) in [5.41, 5.74) is 0.769. The molecular formula is C22H16F2N2O3. The van der Waals surface area contributed by atoms with Crippen molar-refractivity contribution in [2.24, 2.45) is 0 Å². The molecule has 4 rings (SSSR count). The van der Waals surface area contributed by atoms with Crippen LogP contribution in [0.5, 0.6) is 0 Å². The fourth-order valence-corrected chi connectivity index (χ4v) is 3.45. The van der Waals surface area contributed by atoms with E-state index in [2.05, 4.69) is 10.6 Å². The molecule has 0 saturated heterocycles. The summed E-state index contributed by atoms with van der Waals surface area (Å²) in [5, 5.41) is 6.01. The molecule has 0 spiro atoms. The van der Waals surface area contributed by atoms with E-state index in [-0.39, 0.29) is 5.56 Å². The van der Waals surface area contributed by atoms with Crippen molar-refractivity contribution in [1.82, 2.24) is 0 Å². The second-order valence-electron chi connectivity index (χ2n) is 6.59. The second kappa shape index (κ2) is 7.01. The highest BCUT2D eigenvalue weighted by molar-refractivity contribution is 6.09. The first-order chi connectivity index (χ1) is 13.9. The first-order valence-corrected chi connectivity index (χ1v) is 8.78. The Morgan fingerprint density at radius 1 is 0.862 bits per heavy atom. The molecule has 3 aromatic carbocycles. The number of anilines is 2. The van der Waals surface area contributed by atoms with Crippen molar-refractivity contribution < 1.29 is 23.1 Å². The monoisotopic (exact) mass is 394 g/mol. The van der Waals surface area contributed by atoms with Crippen molar-refractivity contribution in [3.63, 3.8) is 0 Å². The molecule has 0 aromatic heterocycles. The zero-order valence-corrected chi connectivity index (χ0v) is 15.3. The summed E-state index contributed by atoms with van der Waals surface area (Å²) in [7, 11) is 1.27. The number of halogens is 2. The molecule has 0 bridgehead atoms. The largest absolute Gasteiger partial charge is 0.465 e. The summed E-state index contributed by atoms with van der Waals surface area (Å²) in [6, 6.07) is 15.7. The maximum Gasteiger partial charge on any atom is 0.337 e. The topological polar surface area (TPSA) is 67.4 Å². The normalized spacial score (nSPS) is 14.4. The smallest absolute Gasteiger partial charge is 0.337 e. The molecule has 0 aliphatic carbocycles. The summed E-state index contributed by atoms with van der Waals surface area (Å²) in [5.74, 6) is -1.87. The summed E-state index contributed by atoms with van der Waals surface area (Å²) in [6.07, 6.45) is 0. The van der Waals surface area contributed by atoms with Gasteiger partial charge in [0.2, 0.25) is 0 Å². The summed E-state index contributed by atoms with van der Waals surface area (Å²) in [6.45, 7) is 0. The molecule has 0 fully saturated rings. The molecule has 146 valence electrons. The van der Waals surface area contributed by atoms with Gasteiger partial charge in [-0.3, -0.25) is 4.79 Å². The van der Waals surface area contributed by atoms with E-state index >= 15 is 0 Å². The molecule has 1 aliphatic heterocycles. The van der Waals surface area contributed by atoms with Crippen LogP contribution in [0.1, 0.15) is 21.5 Å². The second-order valence-corrected chi connectivity index (χ2v) is 6.59. The maximum absolute atomic E-state index is 13.5. The lowest BCUT2D eigenvalue weighted by Crippen LogP contribution is -2.50. The van der Waals surface area contributed by atoms with Gasteiger partial charge in [0, 0.05) is 0 Å². The number of methoxy groups -OCH3 is 1. The Hall–Kier alpha value is -3.74. The molecule has 0 radical (unpaired) electrons. The molecule has 29 heavy (non-hydrogen) atoms. The lowest BCUT2D eigenvalue weighted by molar-refractivity contribution is -0.119. The molecule has 1 aliphatic rings. The third kappa shape index (κ3) is 3.10. The van der Waals surface area contributed by atoms with Gasteiger partial charge >= 0.3 is 5.97 Å². The van der Waals surface area contributed by atoms with Crippen LogP contribution >= 0.6 is 0 Å². The minimum absolute atomic E-state index is 0.282. The number of amides is 1. The van der Waals surface area contributed by atoms with E-state index in [1.54, 1.807) is 12.1 Å². The number of hydrogen-bond acceptors (Lipinski definition) is 4. The summed E-state index contributed by atoms with van der Waals surface area (Å²) in [4.78, 5) is 25.1. The number of nitrogens with one attached hydrogen (secondary N) is 2. The Morgan fingerprint density at radius 3 is 1.93 bits per heavy atom. The lowest BCUT2D eigenvalue weighted by Gasteiger charge is -2.39. The van der Waals surface area contributed by atoms with Crippen molar-refractivity contribution in [3.8, 4) is 0 Å². The molecule has 3 aromatic rings. The van der Waals surface area contributed by atoms with Crippen LogP contribution < -0.4 is 10.6 Å². The van der Waals surface area contributed by atoms with Gasteiger partial charge in [0.15, 0.2) is 5.54 Å². The molecule has 0 saturated carbocycles. The first kappa shape index (κ1) is 18.6. The third-order valence-corrected chi connectivity index (χ3v) is 4.91. The van der Waals surface area contributed by atoms with E-state index in [0.717, 1.165) is 0 Å². The van der Waals surface area contributed by atoms with Gasteiger partial charge in [-0.15, -0.1) is 0 Å². The predicted molar refractivity (Wildman–Crippen MR) is 104 cm³/mol. The number of hydrogen-bond donors (Lipinski definition) is 2.